The number of rotatable bonds is 6. The number of fused-ring (bicyclic) bond motifs is 1. The molecule has 1 amide bonds. The summed E-state index contributed by atoms with van der Waals surface area (Å²) >= 11 is 0. The minimum absolute atomic E-state index is 0.0205. The van der Waals surface area contributed by atoms with Crippen LogP contribution in [-0.4, -0.2) is 65.6 Å². The first kappa shape index (κ1) is 23.9. The molecule has 0 radical (unpaired) electrons. The number of esters is 1. The molecule has 35 heavy (non-hydrogen) atoms. The van der Waals surface area contributed by atoms with Gasteiger partial charge >= 0.3 is 5.97 Å². The second-order valence-electron chi connectivity index (χ2n) is 10.8. The van der Waals surface area contributed by atoms with E-state index < -0.39 is 0 Å². The third-order valence-corrected chi connectivity index (χ3v) is 8.43. The third-order valence-electron chi connectivity index (χ3n) is 8.43. The van der Waals surface area contributed by atoms with E-state index in [0.29, 0.717) is 12.0 Å². The summed E-state index contributed by atoms with van der Waals surface area (Å²) in [4.78, 5) is 30.0. The molecule has 2 aliphatic carbocycles. The van der Waals surface area contributed by atoms with Crippen molar-refractivity contribution >= 4 is 11.9 Å². The first-order chi connectivity index (χ1) is 16.9. The summed E-state index contributed by atoms with van der Waals surface area (Å²) in [6, 6.07) is 16.8. The van der Waals surface area contributed by atoms with Crippen LogP contribution >= 0.6 is 0 Å². The largest absolute Gasteiger partial charge is 0.508 e. The van der Waals surface area contributed by atoms with E-state index in [1.807, 2.05) is 54.4 Å². The molecule has 2 saturated carbocycles. The third kappa shape index (κ3) is 4.94. The highest BCUT2D eigenvalue weighted by Gasteiger charge is 2.54. The van der Waals surface area contributed by atoms with E-state index >= 15 is 0 Å². The molecule has 6 nitrogen and oxygen atoms in total. The summed E-state index contributed by atoms with van der Waals surface area (Å²) in [5, 5.41) is 10.4. The molecule has 1 saturated heterocycles. The number of piperidine rings is 1. The highest BCUT2D eigenvalue weighted by molar-refractivity contribution is 5.94. The zero-order valence-electron chi connectivity index (χ0n) is 20.7. The Bertz CT molecular complexity index is 1070. The number of phenolic OH excluding ortho intramolecular Hbond substituents is 1. The van der Waals surface area contributed by atoms with Crippen LogP contribution in [0.1, 0.15) is 54.9 Å². The molecule has 4 atom stereocenters. The van der Waals surface area contributed by atoms with Gasteiger partial charge < -0.3 is 19.6 Å². The number of hydrogen-bond donors (Lipinski definition) is 1. The Labute approximate surface area is 207 Å². The summed E-state index contributed by atoms with van der Waals surface area (Å²) in [7, 11) is 1.86. The molecule has 0 spiro atoms. The molecule has 3 unspecified atom stereocenters. The maximum Gasteiger partial charge on any atom is 0.302 e. The molecule has 0 bridgehead atoms. The maximum atomic E-state index is 13.4. The van der Waals surface area contributed by atoms with Gasteiger partial charge in [0.1, 0.15) is 11.9 Å². The van der Waals surface area contributed by atoms with Crippen molar-refractivity contribution in [2.24, 2.45) is 11.8 Å². The zero-order chi connectivity index (χ0) is 24.6. The fourth-order valence-corrected chi connectivity index (χ4v) is 6.46. The van der Waals surface area contributed by atoms with Crippen molar-refractivity contribution < 1.29 is 19.4 Å². The molecule has 3 aliphatic rings. The lowest BCUT2D eigenvalue weighted by molar-refractivity contribution is -0.158. The second kappa shape index (κ2) is 9.65. The summed E-state index contributed by atoms with van der Waals surface area (Å²) < 4.78 is 6.01. The fraction of sp³-hybridized carbons (Fsp3) is 0.517. The summed E-state index contributed by atoms with van der Waals surface area (Å²) in [6.45, 7) is 4.42. The van der Waals surface area contributed by atoms with Crippen molar-refractivity contribution in [3.63, 3.8) is 0 Å². The Kier molecular flexibility index (Phi) is 6.58. The number of phenols is 1. The van der Waals surface area contributed by atoms with Crippen LogP contribution in [0, 0.1) is 11.8 Å². The molecule has 2 aromatic carbocycles. The standard InChI is InChI=1S/C29H36N2O4/c1-20(32)35-27-16-24(30(2)28(34)22-7-4-3-5-8-22)17-29(23-9-6-10-25(33)15-23)13-14-31(19-26(27)29)18-21-11-12-21/h3-10,15,21,24,26-27,33H,11-14,16-19H2,1-2H3/t24-,26?,27?,29?/m1/s1. The van der Waals surface area contributed by atoms with Crippen LogP contribution in [0.3, 0.4) is 0 Å². The van der Waals surface area contributed by atoms with E-state index in [4.69, 9.17) is 4.74 Å². The molecule has 1 aliphatic heterocycles. The van der Waals surface area contributed by atoms with Crippen molar-refractivity contribution in [1.82, 2.24) is 9.80 Å². The number of benzene rings is 2. The maximum absolute atomic E-state index is 13.4. The molecular formula is C29H36N2O4. The number of ether oxygens (including phenoxy) is 1. The number of carbonyl (C=O) groups excluding carboxylic acids is 2. The van der Waals surface area contributed by atoms with E-state index in [9.17, 15) is 14.7 Å². The Morgan fingerprint density at radius 3 is 2.60 bits per heavy atom. The van der Waals surface area contributed by atoms with Crippen LogP contribution in [-0.2, 0) is 14.9 Å². The van der Waals surface area contributed by atoms with E-state index in [1.54, 1.807) is 6.07 Å². The van der Waals surface area contributed by atoms with Crippen LogP contribution in [0.25, 0.3) is 0 Å². The molecule has 0 aromatic heterocycles. The zero-order valence-corrected chi connectivity index (χ0v) is 20.7. The predicted molar refractivity (Wildman–Crippen MR) is 134 cm³/mol. The fourth-order valence-electron chi connectivity index (χ4n) is 6.46. The molecule has 3 fully saturated rings. The smallest absolute Gasteiger partial charge is 0.302 e. The number of hydrogen-bond acceptors (Lipinski definition) is 5. The van der Waals surface area contributed by atoms with Crippen LogP contribution in [0.5, 0.6) is 5.75 Å². The Hall–Kier alpha value is -2.86. The van der Waals surface area contributed by atoms with Crippen molar-refractivity contribution in [2.75, 3.05) is 26.7 Å². The summed E-state index contributed by atoms with van der Waals surface area (Å²) in [5.41, 5.74) is 1.45. The number of nitrogens with zero attached hydrogens (tertiary/aromatic N) is 2. The first-order valence-corrected chi connectivity index (χ1v) is 12.9. The topological polar surface area (TPSA) is 70.1 Å². The quantitative estimate of drug-likeness (QED) is 0.632. The molecule has 186 valence electrons. The molecule has 2 aromatic rings. The molecule has 1 N–H and O–H groups in total. The van der Waals surface area contributed by atoms with Gasteiger partial charge in [-0.05, 0) is 68.0 Å². The van der Waals surface area contributed by atoms with Gasteiger partial charge in [-0.25, -0.2) is 0 Å². The summed E-state index contributed by atoms with van der Waals surface area (Å²) in [5.74, 6) is 0.846. The Balaban J connectivity index is 1.51. The molecule has 1 heterocycles. The van der Waals surface area contributed by atoms with Crippen LogP contribution in [0.2, 0.25) is 0 Å². The van der Waals surface area contributed by atoms with Gasteiger partial charge in [0, 0.05) is 56.4 Å². The van der Waals surface area contributed by atoms with Gasteiger partial charge in [0.25, 0.3) is 5.91 Å². The van der Waals surface area contributed by atoms with Crippen molar-refractivity contribution in [1.29, 1.82) is 0 Å². The van der Waals surface area contributed by atoms with Gasteiger partial charge in [0.2, 0.25) is 0 Å². The Morgan fingerprint density at radius 2 is 1.91 bits per heavy atom. The highest BCUT2D eigenvalue weighted by atomic mass is 16.5. The molecule has 6 heteroatoms. The second-order valence-corrected chi connectivity index (χ2v) is 10.8. The van der Waals surface area contributed by atoms with Gasteiger partial charge in [-0.3, -0.25) is 9.59 Å². The predicted octanol–water partition coefficient (Wildman–Crippen LogP) is 4.23. The highest BCUT2D eigenvalue weighted by Crippen LogP contribution is 2.52. The minimum atomic E-state index is -0.290. The first-order valence-electron chi connectivity index (χ1n) is 12.9. The van der Waals surface area contributed by atoms with Crippen LogP contribution in [0.4, 0.5) is 0 Å². The van der Waals surface area contributed by atoms with Crippen LogP contribution < -0.4 is 0 Å². The average Bonchev–Trinajstić information content (AvgIpc) is 3.67. The normalized spacial score (nSPS) is 28.7. The van der Waals surface area contributed by atoms with Gasteiger partial charge in [-0.1, -0.05) is 30.3 Å². The van der Waals surface area contributed by atoms with E-state index in [1.165, 1.54) is 19.8 Å². The lowest BCUT2D eigenvalue weighted by Gasteiger charge is -2.56. The van der Waals surface area contributed by atoms with Gasteiger partial charge in [-0.2, -0.15) is 0 Å². The lowest BCUT2D eigenvalue weighted by Crippen LogP contribution is -2.62. The van der Waals surface area contributed by atoms with Gasteiger partial charge in [0.15, 0.2) is 0 Å². The number of amides is 1. The number of likely N-dealkylation sites (tertiary alicyclic amines) is 1. The Morgan fingerprint density at radius 1 is 1.14 bits per heavy atom. The summed E-state index contributed by atoms with van der Waals surface area (Å²) in [6.07, 6.45) is 4.64. The monoisotopic (exact) mass is 476 g/mol. The average molecular weight is 477 g/mol. The van der Waals surface area contributed by atoms with Crippen molar-refractivity contribution in [2.45, 2.75) is 56.6 Å². The van der Waals surface area contributed by atoms with Gasteiger partial charge in [-0.15, -0.1) is 0 Å². The van der Waals surface area contributed by atoms with Crippen molar-refractivity contribution in [3.05, 3.63) is 65.7 Å². The van der Waals surface area contributed by atoms with Crippen molar-refractivity contribution in [3.8, 4) is 5.75 Å². The van der Waals surface area contributed by atoms with E-state index in [2.05, 4.69) is 11.0 Å². The van der Waals surface area contributed by atoms with Crippen LogP contribution in [0.15, 0.2) is 54.6 Å². The van der Waals surface area contributed by atoms with Gasteiger partial charge in [0.05, 0.1) is 0 Å². The van der Waals surface area contributed by atoms with E-state index in [-0.39, 0.29) is 41.1 Å². The SMILES string of the molecule is CC(=O)OC1C[C@@H](N(C)C(=O)c2ccccc2)CC2(c3cccc(O)c3)CCN(CC3CC3)CC12. The molecule has 5 rings (SSSR count). The molecular weight excluding hydrogens is 440 g/mol. The number of carbonyl (C=O) groups is 2. The minimum Gasteiger partial charge on any atom is -0.508 e. The lowest BCUT2D eigenvalue weighted by atomic mass is 9.56. The van der Waals surface area contributed by atoms with E-state index in [0.717, 1.165) is 44.0 Å². The number of aromatic hydroxyl groups is 1.